The number of hydrogen-bond acceptors (Lipinski definition) is 3. The number of hydrogen-bond donors (Lipinski definition) is 2. The second-order valence-electron chi connectivity index (χ2n) is 5.94. The molecule has 2 heterocycles. The summed E-state index contributed by atoms with van der Waals surface area (Å²) in [4.78, 5) is 8.17. The Bertz CT molecular complexity index is 466. The van der Waals surface area contributed by atoms with Crippen molar-refractivity contribution in [2.24, 2.45) is 10.9 Å². The van der Waals surface area contributed by atoms with Gasteiger partial charge in [-0.15, -0.1) is 11.3 Å². The average Bonchev–Trinajstić information content (AvgIpc) is 2.94. The number of aliphatic imine (C=N–C) groups is 1. The summed E-state index contributed by atoms with van der Waals surface area (Å²) in [5, 5.41) is 6.76. The van der Waals surface area contributed by atoms with Crippen LogP contribution in [0.3, 0.4) is 0 Å². The van der Waals surface area contributed by atoms with Crippen LogP contribution in [0.15, 0.2) is 20.9 Å². The molecule has 1 aliphatic heterocycles. The summed E-state index contributed by atoms with van der Waals surface area (Å²) in [7, 11) is 1.83. The lowest BCUT2D eigenvalue weighted by Crippen LogP contribution is -2.39. The van der Waals surface area contributed by atoms with E-state index in [1.807, 2.05) is 7.05 Å². The number of guanidine groups is 1. The Morgan fingerprint density at radius 1 is 1.36 bits per heavy atom. The van der Waals surface area contributed by atoms with E-state index in [-0.39, 0.29) is 0 Å². The second kappa shape index (κ2) is 9.53. The van der Waals surface area contributed by atoms with E-state index in [4.69, 9.17) is 0 Å². The van der Waals surface area contributed by atoms with Crippen molar-refractivity contribution in [1.29, 1.82) is 0 Å². The van der Waals surface area contributed by atoms with Gasteiger partial charge in [-0.3, -0.25) is 4.99 Å². The van der Waals surface area contributed by atoms with Gasteiger partial charge in [0.25, 0.3) is 0 Å². The van der Waals surface area contributed by atoms with Crippen LogP contribution in [0.4, 0.5) is 0 Å². The van der Waals surface area contributed by atoms with E-state index in [1.165, 1.54) is 47.6 Å². The molecular formula is C16H27BrN4S. The number of thiophene rings is 1. The van der Waals surface area contributed by atoms with Crippen LogP contribution in [-0.4, -0.2) is 44.1 Å². The van der Waals surface area contributed by atoms with Crippen LogP contribution in [0.25, 0.3) is 0 Å². The third-order valence-electron chi connectivity index (χ3n) is 4.10. The smallest absolute Gasteiger partial charge is 0.191 e. The van der Waals surface area contributed by atoms with Crippen LogP contribution >= 0.6 is 27.3 Å². The summed E-state index contributed by atoms with van der Waals surface area (Å²) in [5.74, 6) is 1.80. The van der Waals surface area contributed by atoms with Gasteiger partial charge in [-0.05, 0) is 72.9 Å². The summed E-state index contributed by atoms with van der Waals surface area (Å²) in [6.07, 6.45) is 3.87. The largest absolute Gasteiger partial charge is 0.356 e. The van der Waals surface area contributed by atoms with Gasteiger partial charge in [-0.2, -0.15) is 0 Å². The molecule has 0 spiro atoms. The predicted octanol–water partition coefficient (Wildman–Crippen LogP) is 3.30. The van der Waals surface area contributed by atoms with E-state index >= 15 is 0 Å². The van der Waals surface area contributed by atoms with Crippen LogP contribution in [0.5, 0.6) is 0 Å². The highest BCUT2D eigenvalue weighted by Crippen LogP contribution is 2.21. The normalized spacial score (nSPS) is 17.7. The Balaban J connectivity index is 1.58. The van der Waals surface area contributed by atoms with Crippen LogP contribution in [0.1, 0.15) is 31.1 Å². The molecule has 4 nitrogen and oxygen atoms in total. The van der Waals surface area contributed by atoms with Gasteiger partial charge < -0.3 is 15.5 Å². The molecule has 124 valence electrons. The molecule has 6 heteroatoms. The van der Waals surface area contributed by atoms with Crippen molar-refractivity contribution in [1.82, 2.24) is 15.5 Å². The summed E-state index contributed by atoms with van der Waals surface area (Å²) in [6, 6.07) is 4.21. The molecule has 22 heavy (non-hydrogen) atoms. The summed E-state index contributed by atoms with van der Waals surface area (Å²) in [5.41, 5.74) is 0. The predicted molar refractivity (Wildman–Crippen MR) is 99.7 cm³/mol. The zero-order valence-electron chi connectivity index (χ0n) is 13.6. The van der Waals surface area contributed by atoms with Crippen LogP contribution in [0.2, 0.25) is 0 Å². The summed E-state index contributed by atoms with van der Waals surface area (Å²) in [6.45, 7) is 7.87. The van der Waals surface area contributed by atoms with Crippen LogP contribution in [-0.2, 0) is 6.54 Å². The van der Waals surface area contributed by atoms with Gasteiger partial charge in [0.1, 0.15) is 0 Å². The topological polar surface area (TPSA) is 39.7 Å². The van der Waals surface area contributed by atoms with Crippen LogP contribution < -0.4 is 10.6 Å². The summed E-state index contributed by atoms with van der Waals surface area (Å²) >= 11 is 5.24. The van der Waals surface area contributed by atoms with Gasteiger partial charge in [0.2, 0.25) is 0 Å². The fourth-order valence-electron chi connectivity index (χ4n) is 2.63. The maximum absolute atomic E-state index is 4.28. The molecule has 2 N–H and O–H groups in total. The Hall–Kier alpha value is -0.590. The number of likely N-dealkylation sites (tertiary alicyclic amines) is 1. The SMILES string of the molecule is CN=C(NCCCN1CCC(C)CC1)NCc1ccc(Br)s1. The van der Waals surface area contributed by atoms with E-state index in [9.17, 15) is 0 Å². The van der Waals surface area contributed by atoms with Gasteiger partial charge in [0, 0.05) is 18.5 Å². The van der Waals surface area contributed by atoms with Gasteiger partial charge in [0.15, 0.2) is 5.96 Å². The highest BCUT2D eigenvalue weighted by Gasteiger charge is 2.14. The second-order valence-corrected chi connectivity index (χ2v) is 8.48. The molecule has 1 saturated heterocycles. The highest BCUT2D eigenvalue weighted by molar-refractivity contribution is 9.11. The van der Waals surface area contributed by atoms with E-state index in [2.05, 4.69) is 55.5 Å². The zero-order valence-corrected chi connectivity index (χ0v) is 16.0. The van der Waals surface area contributed by atoms with Crippen LogP contribution in [0, 0.1) is 5.92 Å². The molecule has 0 atom stereocenters. The Labute approximate surface area is 146 Å². The lowest BCUT2D eigenvalue weighted by molar-refractivity contribution is 0.191. The molecule has 0 unspecified atom stereocenters. The third-order valence-corrected chi connectivity index (χ3v) is 5.73. The molecule has 0 radical (unpaired) electrons. The Kier molecular flexibility index (Phi) is 7.69. The van der Waals surface area contributed by atoms with E-state index < -0.39 is 0 Å². The molecule has 0 bridgehead atoms. The molecule has 0 amide bonds. The number of piperidine rings is 1. The van der Waals surface area contributed by atoms with Gasteiger partial charge >= 0.3 is 0 Å². The molecular weight excluding hydrogens is 360 g/mol. The van der Waals surface area contributed by atoms with Crippen molar-refractivity contribution in [3.63, 3.8) is 0 Å². The Morgan fingerprint density at radius 3 is 2.77 bits per heavy atom. The van der Waals surface area contributed by atoms with Crippen molar-refractivity contribution >= 4 is 33.2 Å². The molecule has 0 aromatic carbocycles. The zero-order chi connectivity index (χ0) is 15.8. The molecule has 0 aliphatic carbocycles. The number of halogens is 1. The van der Waals surface area contributed by atoms with Gasteiger partial charge in [-0.1, -0.05) is 6.92 Å². The van der Waals surface area contributed by atoms with E-state index in [0.717, 1.165) is 25.0 Å². The molecule has 1 aromatic heterocycles. The number of nitrogens with one attached hydrogen (secondary N) is 2. The van der Waals surface area contributed by atoms with Crippen molar-refractivity contribution in [3.8, 4) is 0 Å². The quantitative estimate of drug-likeness (QED) is 0.447. The summed E-state index contributed by atoms with van der Waals surface area (Å²) < 4.78 is 1.17. The first kappa shape index (κ1) is 17.8. The molecule has 1 fully saturated rings. The lowest BCUT2D eigenvalue weighted by Gasteiger charge is -2.30. The highest BCUT2D eigenvalue weighted by atomic mass is 79.9. The van der Waals surface area contributed by atoms with Gasteiger partial charge in [0.05, 0.1) is 10.3 Å². The van der Waals surface area contributed by atoms with Crippen molar-refractivity contribution in [2.75, 3.05) is 33.2 Å². The first-order valence-corrected chi connectivity index (χ1v) is 9.69. The molecule has 2 rings (SSSR count). The minimum atomic E-state index is 0.819. The average molecular weight is 387 g/mol. The number of nitrogens with zero attached hydrogens (tertiary/aromatic N) is 2. The first-order chi connectivity index (χ1) is 10.7. The molecule has 0 saturated carbocycles. The lowest BCUT2D eigenvalue weighted by atomic mass is 9.99. The fraction of sp³-hybridized carbons (Fsp3) is 0.688. The molecule has 1 aromatic rings. The standard InChI is InChI=1S/C16H27BrN4S/c1-13-6-10-21(11-7-13)9-3-8-19-16(18-2)20-12-14-4-5-15(17)22-14/h4-5,13H,3,6-12H2,1-2H3,(H2,18,19,20). The van der Waals surface area contributed by atoms with Crippen molar-refractivity contribution < 1.29 is 0 Å². The van der Waals surface area contributed by atoms with Crippen molar-refractivity contribution in [2.45, 2.75) is 32.7 Å². The van der Waals surface area contributed by atoms with Crippen molar-refractivity contribution in [3.05, 3.63) is 20.8 Å². The first-order valence-electron chi connectivity index (χ1n) is 8.08. The molecule has 1 aliphatic rings. The number of rotatable bonds is 6. The maximum atomic E-state index is 4.28. The van der Waals surface area contributed by atoms with E-state index in [0.29, 0.717) is 0 Å². The fourth-order valence-corrected chi connectivity index (χ4v) is 4.06. The Morgan fingerprint density at radius 2 is 2.14 bits per heavy atom. The minimum Gasteiger partial charge on any atom is -0.356 e. The minimum absolute atomic E-state index is 0.819. The third kappa shape index (κ3) is 6.26. The van der Waals surface area contributed by atoms with E-state index in [1.54, 1.807) is 11.3 Å². The van der Waals surface area contributed by atoms with Gasteiger partial charge in [-0.25, -0.2) is 0 Å². The monoisotopic (exact) mass is 386 g/mol. The maximum Gasteiger partial charge on any atom is 0.191 e.